The third-order valence-corrected chi connectivity index (χ3v) is 9.84. The minimum absolute atomic E-state index is 0.0243. The largest absolute Gasteiger partial charge is 0.480 e. The second kappa shape index (κ2) is 18.1. The van der Waals surface area contributed by atoms with Gasteiger partial charge >= 0.3 is 25.0 Å². The van der Waals surface area contributed by atoms with Crippen molar-refractivity contribution < 1.29 is 53.4 Å². The van der Waals surface area contributed by atoms with E-state index in [9.17, 15) is 43.9 Å². The van der Waals surface area contributed by atoms with E-state index in [1.807, 2.05) is 14.7 Å². The summed E-state index contributed by atoms with van der Waals surface area (Å²) < 4.78 is 11.4. The summed E-state index contributed by atoms with van der Waals surface area (Å²) in [5.74, 6) is -4.60. The van der Waals surface area contributed by atoms with Crippen LogP contribution in [-0.4, -0.2) is 186 Å². The van der Waals surface area contributed by atoms with Crippen LogP contribution in [-0.2, 0) is 40.0 Å². The number of carbonyl (C=O) groups is 6. The Morgan fingerprint density at radius 1 is 0.865 bits per heavy atom. The van der Waals surface area contributed by atoms with Crippen molar-refractivity contribution in [2.24, 2.45) is 5.92 Å². The van der Waals surface area contributed by atoms with Crippen LogP contribution in [0, 0.1) is 5.92 Å². The zero-order valence-electron chi connectivity index (χ0n) is 29.4. The molecule has 6 atom stereocenters. The number of carbonyl (C=O) groups excluding carboxylic acids is 5. The SMILES string of the molecule is C[C@@H](NC(=O)c1ccc(CNC(=O)CN2CCN3CCN4CCN(CC(=O)O)CC(C2)C(OC(=O)C4)OC(=O)C3)cc1)C(=O)N1CCC[C@H]1B(O)O. The Morgan fingerprint density at radius 2 is 1.44 bits per heavy atom. The maximum Gasteiger partial charge on any atom is 0.475 e. The highest BCUT2D eigenvalue weighted by Crippen LogP contribution is 2.21. The minimum Gasteiger partial charge on any atom is -0.480 e. The van der Waals surface area contributed by atoms with Crippen molar-refractivity contribution >= 4 is 42.7 Å². The minimum atomic E-state index is -1.65. The van der Waals surface area contributed by atoms with Crippen molar-refractivity contribution in [2.45, 2.75) is 44.6 Å². The summed E-state index contributed by atoms with van der Waals surface area (Å²) >= 11 is 0. The molecule has 0 aromatic heterocycles. The normalized spacial score (nSPS) is 26.7. The van der Waals surface area contributed by atoms with Crippen LogP contribution < -0.4 is 10.6 Å². The molecule has 4 aliphatic heterocycles. The second-order valence-corrected chi connectivity index (χ2v) is 13.8. The van der Waals surface area contributed by atoms with Crippen molar-refractivity contribution in [3.05, 3.63) is 35.4 Å². The number of ether oxygens (including phenoxy) is 2. The summed E-state index contributed by atoms with van der Waals surface area (Å²) in [7, 11) is -1.65. The predicted molar refractivity (Wildman–Crippen MR) is 183 cm³/mol. The standard InChI is InChI=1S/C33H48BN7O11/c1-22(32(48)41-8-2-3-26(41)34(49)50)36-31(47)24-6-4-23(5-7-24)15-35-27(42)18-39-13-11-37-9-10-38-12-14-40(19-28(43)44)17-25(16-39)33(51-29(45)20-37)52-30(46)21-38/h4-7,22,25-26,33,49-50H,2-3,8-21H2,1H3,(H,35,42)(H,36,47)(H,43,44)/t22-,25?,26+,33?/m1/s1. The molecule has 4 heterocycles. The van der Waals surface area contributed by atoms with E-state index in [2.05, 4.69) is 10.6 Å². The number of carboxylic acid groups (broad SMARTS) is 1. The third kappa shape index (κ3) is 10.9. The number of likely N-dealkylation sites (tertiary alicyclic amines) is 1. The van der Waals surface area contributed by atoms with Gasteiger partial charge in [0.2, 0.25) is 11.8 Å². The number of amides is 3. The van der Waals surface area contributed by atoms with Crippen molar-refractivity contribution in [3.63, 3.8) is 0 Å². The number of aliphatic carboxylic acids is 1. The topological polar surface area (TPSA) is 222 Å². The monoisotopic (exact) mass is 729 g/mol. The number of nitrogens with one attached hydrogen (secondary N) is 2. The molecule has 5 N–H and O–H groups in total. The summed E-state index contributed by atoms with van der Waals surface area (Å²) in [5, 5.41) is 34.3. The first-order valence-corrected chi connectivity index (χ1v) is 17.7. The van der Waals surface area contributed by atoms with E-state index in [0.29, 0.717) is 64.2 Å². The second-order valence-electron chi connectivity index (χ2n) is 13.8. The van der Waals surface area contributed by atoms with Crippen LogP contribution in [0.1, 0.15) is 35.7 Å². The van der Waals surface area contributed by atoms with Crippen LogP contribution in [0.3, 0.4) is 0 Å². The van der Waals surface area contributed by atoms with Gasteiger partial charge in [-0.1, -0.05) is 12.1 Å². The van der Waals surface area contributed by atoms with Crippen LogP contribution >= 0.6 is 0 Å². The Hall–Kier alpha value is -4.14. The fourth-order valence-corrected chi connectivity index (χ4v) is 7.06. The van der Waals surface area contributed by atoms with Gasteiger partial charge in [-0.05, 0) is 37.5 Å². The lowest BCUT2D eigenvalue weighted by Gasteiger charge is -2.37. The molecule has 284 valence electrons. The highest BCUT2D eigenvalue weighted by molar-refractivity contribution is 6.43. The van der Waals surface area contributed by atoms with Gasteiger partial charge in [0.05, 0.1) is 38.0 Å². The number of hydrogen-bond acceptors (Lipinski definition) is 14. The molecule has 4 unspecified atom stereocenters. The molecule has 5 rings (SSSR count). The molecule has 0 radical (unpaired) electrons. The molecule has 1 aromatic rings. The maximum atomic E-state index is 13.3. The highest BCUT2D eigenvalue weighted by atomic mass is 16.7. The van der Waals surface area contributed by atoms with E-state index in [1.54, 1.807) is 36.1 Å². The van der Waals surface area contributed by atoms with Gasteiger partial charge < -0.3 is 40.2 Å². The van der Waals surface area contributed by atoms with E-state index < -0.39 is 61.0 Å². The van der Waals surface area contributed by atoms with Gasteiger partial charge in [-0.25, -0.2) is 0 Å². The van der Waals surface area contributed by atoms with E-state index in [1.165, 1.54) is 4.90 Å². The van der Waals surface area contributed by atoms with Crippen molar-refractivity contribution in [1.29, 1.82) is 0 Å². The molecule has 18 nitrogen and oxygen atoms in total. The average molecular weight is 730 g/mol. The van der Waals surface area contributed by atoms with Crippen LogP contribution in [0.25, 0.3) is 0 Å². The maximum absolute atomic E-state index is 13.3. The van der Waals surface area contributed by atoms with Gasteiger partial charge in [0, 0.05) is 71.0 Å². The molecule has 3 amide bonds. The van der Waals surface area contributed by atoms with Crippen molar-refractivity contribution in [3.8, 4) is 0 Å². The molecular formula is C33H48BN7O11. The van der Waals surface area contributed by atoms with Crippen LogP contribution in [0.4, 0.5) is 0 Å². The average Bonchev–Trinajstić information content (AvgIpc) is 3.59. The molecule has 0 saturated carbocycles. The fraction of sp³-hybridized carbons (Fsp3) is 0.636. The molecule has 4 saturated heterocycles. The molecule has 3 bridgehead atoms. The van der Waals surface area contributed by atoms with Gasteiger partial charge in [0.1, 0.15) is 6.04 Å². The molecule has 0 aliphatic carbocycles. The first kappa shape index (κ1) is 39.1. The van der Waals surface area contributed by atoms with Gasteiger partial charge in [0.25, 0.3) is 12.2 Å². The van der Waals surface area contributed by atoms with Crippen LogP contribution in [0.5, 0.6) is 0 Å². The number of esters is 2. The molecule has 4 aliphatic rings. The number of rotatable bonds is 10. The van der Waals surface area contributed by atoms with Gasteiger partial charge in [-0.2, -0.15) is 0 Å². The lowest BCUT2D eigenvalue weighted by atomic mass is 9.78. The number of nitrogens with zero attached hydrogens (tertiary/aromatic N) is 5. The van der Waals surface area contributed by atoms with E-state index in [4.69, 9.17) is 9.47 Å². The van der Waals surface area contributed by atoms with Gasteiger partial charge in [-0.15, -0.1) is 0 Å². The Labute approximate surface area is 302 Å². The molecule has 1 aromatic carbocycles. The first-order chi connectivity index (χ1) is 24.8. The summed E-state index contributed by atoms with van der Waals surface area (Å²) in [4.78, 5) is 85.3. The first-order valence-electron chi connectivity index (χ1n) is 17.7. The Kier molecular flexibility index (Phi) is 13.6. The molecule has 52 heavy (non-hydrogen) atoms. The smallest absolute Gasteiger partial charge is 0.475 e. The van der Waals surface area contributed by atoms with Gasteiger partial charge in [-0.3, -0.25) is 48.4 Å². The fourth-order valence-electron chi connectivity index (χ4n) is 7.06. The lowest BCUT2D eigenvalue weighted by molar-refractivity contribution is -0.203. The third-order valence-electron chi connectivity index (χ3n) is 9.84. The summed E-state index contributed by atoms with van der Waals surface area (Å²) in [6.45, 7) is 4.70. The van der Waals surface area contributed by atoms with Crippen molar-refractivity contribution in [2.75, 3.05) is 85.1 Å². The van der Waals surface area contributed by atoms with Gasteiger partial charge in [0.15, 0.2) is 0 Å². The summed E-state index contributed by atoms with van der Waals surface area (Å²) in [5.41, 5.74) is 1.03. The van der Waals surface area contributed by atoms with Crippen LogP contribution in [0.15, 0.2) is 24.3 Å². The Morgan fingerprint density at radius 3 is 2.02 bits per heavy atom. The Bertz CT molecular complexity index is 1460. The lowest BCUT2D eigenvalue weighted by Crippen LogP contribution is -2.52. The number of benzene rings is 1. The summed E-state index contributed by atoms with van der Waals surface area (Å²) in [6, 6.07) is 5.67. The Balaban J connectivity index is 1.20. The summed E-state index contributed by atoms with van der Waals surface area (Å²) in [6.07, 6.45) is -0.146. The number of carboxylic acids is 1. The predicted octanol–water partition coefficient (Wildman–Crippen LogP) is -3.21. The quantitative estimate of drug-likeness (QED) is 0.118. The number of hydrogen-bond donors (Lipinski definition) is 5. The molecule has 4 fully saturated rings. The molecule has 0 spiro atoms. The zero-order chi connectivity index (χ0) is 37.4. The van der Waals surface area contributed by atoms with Crippen LogP contribution in [0.2, 0.25) is 0 Å². The highest BCUT2D eigenvalue weighted by Gasteiger charge is 2.39. The number of fused-ring (bicyclic) bond motifs is 6. The molecular weight excluding hydrogens is 681 g/mol. The van der Waals surface area contributed by atoms with E-state index >= 15 is 0 Å². The van der Waals surface area contributed by atoms with E-state index in [0.717, 1.165) is 5.56 Å². The molecule has 19 heteroatoms. The zero-order valence-corrected chi connectivity index (χ0v) is 29.4. The van der Waals surface area contributed by atoms with Crippen molar-refractivity contribution in [1.82, 2.24) is 35.1 Å². The van der Waals surface area contributed by atoms with E-state index in [-0.39, 0.29) is 51.7 Å².